The number of aromatic nitrogens is 2. The highest BCUT2D eigenvalue weighted by atomic mass is 32.2. The summed E-state index contributed by atoms with van der Waals surface area (Å²) in [4.78, 5) is 28.7. The molecule has 2 saturated heterocycles. The Morgan fingerprint density at radius 3 is 2.36 bits per heavy atom. The second kappa shape index (κ2) is 11.9. The van der Waals surface area contributed by atoms with Gasteiger partial charge >= 0.3 is 0 Å². The number of carbonyl (C=O) groups is 1. The SMILES string of the molecule is Cc1cc(N2CC[C@H](O)C2)nc(N2CCN(S(=O)(=O)c3ccc4c(c3)CCN4C(=O)c3ccccc3N(C)S(C)(=O)=O)CC2)n1. The van der Waals surface area contributed by atoms with Gasteiger partial charge in [-0.3, -0.25) is 9.10 Å². The molecule has 0 unspecified atom stereocenters. The van der Waals surface area contributed by atoms with E-state index in [9.17, 15) is 26.7 Å². The number of piperazine rings is 1. The van der Waals surface area contributed by atoms with E-state index >= 15 is 0 Å². The number of para-hydroxylation sites is 1. The van der Waals surface area contributed by atoms with Gasteiger partial charge in [0.25, 0.3) is 5.91 Å². The normalized spacial score (nSPS) is 19.2. The largest absolute Gasteiger partial charge is 0.391 e. The van der Waals surface area contributed by atoms with Gasteiger partial charge in [-0.2, -0.15) is 9.29 Å². The van der Waals surface area contributed by atoms with Crippen molar-refractivity contribution < 1.29 is 26.7 Å². The van der Waals surface area contributed by atoms with Gasteiger partial charge in [0.2, 0.25) is 26.0 Å². The summed E-state index contributed by atoms with van der Waals surface area (Å²) in [6, 6.07) is 13.3. The number of amides is 1. The molecule has 0 saturated carbocycles. The minimum Gasteiger partial charge on any atom is -0.391 e. The molecule has 0 radical (unpaired) electrons. The smallest absolute Gasteiger partial charge is 0.260 e. The number of hydrogen-bond acceptors (Lipinski definition) is 10. The molecular weight excluding hydrogens is 619 g/mol. The summed E-state index contributed by atoms with van der Waals surface area (Å²) in [5.41, 5.74) is 2.68. The van der Waals surface area contributed by atoms with Gasteiger partial charge in [-0.25, -0.2) is 21.8 Å². The zero-order chi connectivity index (χ0) is 32.1. The van der Waals surface area contributed by atoms with Gasteiger partial charge in [0, 0.05) is 70.3 Å². The van der Waals surface area contributed by atoms with E-state index in [2.05, 4.69) is 4.98 Å². The van der Waals surface area contributed by atoms with Gasteiger partial charge in [0.1, 0.15) is 5.82 Å². The minimum atomic E-state index is -3.80. The average molecular weight is 656 g/mol. The van der Waals surface area contributed by atoms with E-state index in [4.69, 9.17) is 4.98 Å². The van der Waals surface area contributed by atoms with E-state index in [1.807, 2.05) is 22.8 Å². The van der Waals surface area contributed by atoms with Crippen molar-refractivity contribution in [1.29, 1.82) is 0 Å². The molecule has 0 aliphatic carbocycles. The molecule has 1 N–H and O–H groups in total. The number of nitrogens with zero attached hydrogens (tertiary/aromatic N) is 7. The van der Waals surface area contributed by atoms with Crippen LogP contribution in [0.5, 0.6) is 0 Å². The molecule has 0 spiro atoms. The van der Waals surface area contributed by atoms with Crippen LogP contribution in [0.3, 0.4) is 0 Å². The van der Waals surface area contributed by atoms with Crippen molar-refractivity contribution >= 4 is 49.1 Å². The summed E-state index contributed by atoms with van der Waals surface area (Å²) < 4.78 is 54.3. The Kier molecular flexibility index (Phi) is 8.22. The van der Waals surface area contributed by atoms with Gasteiger partial charge in [-0.05, 0) is 55.7 Å². The molecule has 6 rings (SSSR count). The first-order valence-electron chi connectivity index (χ1n) is 14.8. The van der Waals surface area contributed by atoms with E-state index < -0.39 is 20.0 Å². The summed E-state index contributed by atoms with van der Waals surface area (Å²) in [7, 11) is -5.98. The Bertz CT molecular complexity index is 1840. The summed E-state index contributed by atoms with van der Waals surface area (Å²) in [6.07, 6.45) is 1.88. The minimum absolute atomic E-state index is 0.169. The Morgan fingerprint density at radius 2 is 1.67 bits per heavy atom. The topological polar surface area (TPSA) is 148 Å². The first kappa shape index (κ1) is 31.2. The number of aliphatic hydroxyl groups excluding tert-OH is 1. The van der Waals surface area contributed by atoms with Crippen LogP contribution in [0.1, 0.15) is 28.0 Å². The van der Waals surface area contributed by atoms with Crippen LogP contribution < -0.4 is 19.0 Å². The molecule has 2 aromatic carbocycles. The quantitative estimate of drug-likeness (QED) is 0.397. The van der Waals surface area contributed by atoms with Crippen LogP contribution in [0.4, 0.5) is 23.1 Å². The second-order valence-corrected chi connectivity index (χ2v) is 15.6. The standard InChI is InChI=1S/C30H37N7O6S2/c1-21-18-28(35-12-11-23(38)20-35)32-30(31-21)34-14-16-36(17-15-34)45(42,43)24-8-9-26-22(19-24)10-13-37(26)29(39)25-6-4-5-7-27(25)33(2)44(3,40)41/h4-9,18-19,23,38H,10-17,20H2,1-3H3/t23-/m0/s1. The highest BCUT2D eigenvalue weighted by Crippen LogP contribution is 2.34. The molecule has 1 atom stereocenters. The van der Waals surface area contributed by atoms with Crippen molar-refractivity contribution in [3.63, 3.8) is 0 Å². The third-order valence-corrected chi connectivity index (χ3v) is 11.7. The maximum Gasteiger partial charge on any atom is 0.260 e. The maximum absolute atomic E-state index is 13.7. The van der Waals surface area contributed by atoms with Crippen molar-refractivity contribution in [2.45, 2.75) is 30.8 Å². The zero-order valence-electron chi connectivity index (χ0n) is 25.5. The predicted molar refractivity (Wildman–Crippen MR) is 172 cm³/mol. The summed E-state index contributed by atoms with van der Waals surface area (Å²) in [5, 5.41) is 9.94. The number of anilines is 4. The van der Waals surface area contributed by atoms with E-state index in [-0.39, 0.29) is 41.2 Å². The lowest BCUT2D eigenvalue weighted by Gasteiger charge is -2.34. The number of fused-ring (bicyclic) bond motifs is 1. The molecule has 240 valence electrons. The third kappa shape index (κ3) is 6.09. The first-order valence-corrected chi connectivity index (χ1v) is 18.1. The van der Waals surface area contributed by atoms with Gasteiger partial charge in [-0.15, -0.1) is 0 Å². The monoisotopic (exact) mass is 655 g/mol. The Morgan fingerprint density at radius 1 is 0.933 bits per heavy atom. The number of aliphatic hydroxyl groups is 1. The maximum atomic E-state index is 13.7. The molecule has 45 heavy (non-hydrogen) atoms. The third-order valence-electron chi connectivity index (χ3n) is 8.64. The number of β-amino-alcohol motifs (C(OH)–C–C–N with tert-alkyl or cyclic N) is 1. The van der Waals surface area contributed by atoms with Gasteiger partial charge in [0.15, 0.2) is 0 Å². The van der Waals surface area contributed by atoms with Crippen LogP contribution in [0.2, 0.25) is 0 Å². The van der Waals surface area contributed by atoms with Crippen molar-refractivity contribution in [3.8, 4) is 0 Å². The number of sulfonamides is 2. The van der Waals surface area contributed by atoms with Crippen molar-refractivity contribution in [2.75, 3.05) is 78.1 Å². The van der Waals surface area contributed by atoms with Crippen LogP contribution in [0.15, 0.2) is 53.4 Å². The van der Waals surface area contributed by atoms with Crippen LogP contribution in [0, 0.1) is 6.92 Å². The van der Waals surface area contributed by atoms with Crippen LogP contribution in [-0.2, 0) is 26.5 Å². The van der Waals surface area contributed by atoms with Crippen LogP contribution >= 0.6 is 0 Å². The van der Waals surface area contributed by atoms with Crippen molar-refractivity contribution in [1.82, 2.24) is 14.3 Å². The molecule has 4 heterocycles. The molecular formula is C30H37N7O6S2. The first-order chi connectivity index (χ1) is 21.3. The van der Waals surface area contributed by atoms with Gasteiger partial charge < -0.3 is 19.8 Å². The number of carbonyl (C=O) groups excluding carboxylic acids is 1. The fraction of sp³-hybridized carbons (Fsp3) is 0.433. The Hall–Kier alpha value is -3.79. The van der Waals surface area contributed by atoms with Gasteiger partial charge in [-0.1, -0.05) is 12.1 Å². The lowest BCUT2D eigenvalue weighted by Crippen LogP contribution is -2.49. The number of hydrogen-bond donors (Lipinski definition) is 1. The molecule has 1 amide bonds. The van der Waals surface area contributed by atoms with Crippen LogP contribution in [-0.4, -0.2) is 107 Å². The number of aryl methyl sites for hydroxylation is 1. The molecule has 2 fully saturated rings. The summed E-state index contributed by atoms with van der Waals surface area (Å²) in [6.45, 7) is 4.90. The fourth-order valence-corrected chi connectivity index (χ4v) is 8.06. The predicted octanol–water partition coefficient (Wildman–Crippen LogP) is 1.47. The van der Waals surface area contributed by atoms with E-state index in [0.717, 1.165) is 34.2 Å². The molecule has 0 bridgehead atoms. The zero-order valence-corrected chi connectivity index (χ0v) is 27.1. The van der Waals surface area contributed by atoms with Crippen molar-refractivity contribution in [2.24, 2.45) is 0 Å². The van der Waals surface area contributed by atoms with E-state index in [1.54, 1.807) is 41.3 Å². The second-order valence-electron chi connectivity index (χ2n) is 11.7. The lowest BCUT2D eigenvalue weighted by atomic mass is 10.1. The highest BCUT2D eigenvalue weighted by Gasteiger charge is 2.33. The Labute approximate surface area is 263 Å². The van der Waals surface area contributed by atoms with Gasteiger partial charge in [0.05, 0.1) is 28.5 Å². The molecule has 3 aliphatic rings. The molecule has 3 aliphatic heterocycles. The number of benzene rings is 2. The van der Waals surface area contributed by atoms with E-state index in [1.165, 1.54) is 17.4 Å². The molecule has 15 heteroatoms. The summed E-state index contributed by atoms with van der Waals surface area (Å²) >= 11 is 0. The highest BCUT2D eigenvalue weighted by molar-refractivity contribution is 7.92. The van der Waals surface area contributed by atoms with Crippen LogP contribution in [0.25, 0.3) is 0 Å². The fourth-order valence-electron chi connectivity index (χ4n) is 6.07. The van der Waals surface area contributed by atoms with E-state index in [0.29, 0.717) is 50.7 Å². The molecule has 1 aromatic heterocycles. The van der Waals surface area contributed by atoms with Crippen molar-refractivity contribution in [3.05, 3.63) is 65.4 Å². The lowest BCUT2D eigenvalue weighted by molar-refractivity contribution is 0.0990. The molecule has 13 nitrogen and oxygen atoms in total. The molecule has 3 aromatic rings. The Balaban J connectivity index is 1.16. The average Bonchev–Trinajstić information content (AvgIpc) is 3.65. The summed E-state index contributed by atoms with van der Waals surface area (Å²) in [5.74, 6) is 0.963. The number of rotatable bonds is 7.